The molecule has 0 fully saturated rings. The summed E-state index contributed by atoms with van der Waals surface area (Å²) in [4.78, 5) is 24.3. The first-order valence-electron chi connectivity index (χ1n) is 6.81. The fraction of sp³-hybridized carbons (Fsp3) is 0.188. The average molecular weight is 298 g/mol. The molecule has 0 radical (unpaired) electrons. The van der Waals surface area contributed by atoms with Gasteiger partial charge in [-0.15, -0.1) is 0 Å². The van der Waals surface area contributed by atoms with Gasteiger partial charge >= 0.3 is 5.97 Å². The van der Waals surface area contributed by atoms with Crippen LogP contribution in [0.4, 0.5) is 17.1 Å². The number of fused-ring (bicyclic) bond motifs is 1. The van der Waals surface area contributed by atoms with Crippen LogP contribution in [0.2, 0.25) is 0 Å². The Bertz CT molecular complexity index is 727. The summed E-state index contributed by atoms with van der Waals surface area (Å²) in [5, 5.41) is 10.8. The van der Waals surface area contributed by atoms with Crippen molar-refractivity contribution in [3.8, 4) is 0 Å². The van der Waals surface area contributed by atoms with Crippen molar-refractivity contribution in [3.05, 3.63) is 64.2 Å². The second-order valence-electron chi connectivity index (χ2n) is 5.02. The van der Waals surface area contributed by atoms with Gasteiger partial charge in [-0.05, 0) is 23.8 Å². The van der Waals surface area contributed by atoms with E-state index in [0.29, 0.717) is 6.42 Å². The molecule has 112 valence electrons. The van der Waals surface area contributed by atoms with E-state index in [0.717, 1.165) is 16.9 Å². The van der Waals surface area contributed by atoms with Gasteiger partial charge in [-0.1, -0.05) is 18.2 Å². The molecular formula is C16H14N2O4. The third-order valence-electron chi connectivity index (χ3n) is 3.79. The first-order chi connectivity index (χ1) is 10.6. The molecule has 0 bridgehead atoms. The van der Waals surface area contributed by atoms with Crippen molar-refractivity contribution >= 4 is 23.0 Å². The third-order valence-corrected chi connectivity index (χ3v) is 3.79. The second kappa shape index (κ2) is 5.48. The number of para-hydroxylation sites is 1. The maximum Gasteiger partial charge on any atom is 0.329 e. The van der Waals surface area contributed by atoms with E-state index in [1.807, 2.05) is 29.2 Å². The summed E-state index contributed by atoms with van der Waals surface area (Å²) in [6, 6.07) is 13.4. The Labute approximate surface area is 127 Å². The van der Waals surface area contributed by atoms with Gasteiger partial charge in [0.2, 0.25) is 0 Å². The number of hydrogen-bond acceptors (Lipinski definition) is 5. The van der Waals surface area contributed by atoms with Crippen LogP contribution in [0, 0.1) is 10.1 Å². The normalized spacial score (nSPS) is 16.2. The standard InChI is InChI=1S/C16H14N2O4/c1-22-16(19)15-10-11-4-2-3-5-14(11)17(15)12-6-8-13(9-7-12)18(20)21/h2-9,15H,10H2,1H3. The van der Waals surface area contributed by atoms with E-state index < -0.39 is 11.0 Å². The number of carbonyl (C=O) groups excluding carboxylic acids is 1. The summed E-state index contributed by atoms with van der Waals surface area (Å²) >= 11 is 0. The van der Waals surface area contributed by atoms with Crippen LogP contribution in [0.5, 0.6) is 0 Å². The van der Waals surface area contributed by atoms with E-state index in [-0.39, 0.29) is 11.7 Å². The number of hydrogen-bond donors (Lipinski definition) is 0. The molecule has 0 saturated carbocycles. The molecule has 6 heteroatoms. The van der Waals surface area contributed by atoms with Crippen LogP contribution < -0.4 is 4.90 Å². The molecule has 0 spiro atoms. The minimum atomic E-state index is -0.455. The van der Waals surface area contributed by atoms with Crippen molar-refractivity contribution in [2.24, 2.45) is 0 Å². The van der Waals surface area contributed by atoms with Crippen LogP contribution in [0.15, 0.2) is 48.5 Å². The number of ether oxygens (including phenoxy) is 1. The fourth-order valence-electron chi connectivity index (χ4n) is 2.76. The maximum atomic E-state index is 12.1. The molecule has 2 aromatic carbocycles. The summed E-state index contributed by atoms with van der Waals surface area (Å²) < 4.78 is 4.89. The summed E-state index contributed by atoms with van der Waals surface area (Å²) in [5.41, 5.74) is 2.72. The van der Waals surface area contributed by atoms with E-state index in [1.54, 1.807) is 12.1 Å². The SMILES string of the molecule is COC(=O)C1Cc2ccccc2N1c1ccc([N+](=O)[O-])cc1. The molecule has 1 unspecified atom stereocenters. The molecular weight excluding hydrogens is 284 g/mol. The van der Waals surface area contributed by atoms with Gasteiger partial charge < -0.3 is 9.64 Å². The van der Waals surface area contributed by atoms with E-state index in [9.17, 15) is 14.9 Å². The molecule has 6 nitrogen and oxygen atoms in total. The van der Waals surface area contributed by atoms with Gasteiger partial charge in [0.1, 0.15) is 6.04 Å². The monoisotopic (exact) mass is 298 g/mol. The number of rotatable bonds is 3. The van der Waals surface area contributed by atoms with E-state index in [2.05, 4.69) is 0 Å². The molecule has 0 aliphatic carbocycles. The van der Waals surface area contributed by atoms with Crippen molar-refractivity contribution in [2.45, 2.75) is 12.5 Å². The lowest BCUT2D eigenvalue weighted by Gasteiger charge is -2.25. The number of methoxy groups -OCH3 is 1. The smallest absolute Gasteiger partial charge is 0.329 e. The Morgan fingerprint density at radius 1 is 1.23 bits per heavy atom. The van der Waals surface area contributed by atoms with Gasteiger partial charge in [0, 0.05) is 29.9 Å². The molecule has 0 N–H and O–H groups in total. The quantitative estimate of drug-likeness (QED) is 0.495. The molecule has 0 saturated heterocycles. The molecule has 1 heterocycles. The summed E-state index contributed by atoms with van der Waals surface area (Å²) in [7, 11) is 1.36. The average Bonchev–Trinajstić information content (AvgIpc) is 2.93. The Hall–Kier alpha value is -2.89. The maximum absolute atomic E-state index is 12.1. The number of anilines is 2. The van der Waals surface area contributed by atoms with Gasteiger partial charge in [-0.3, -0.25) is 10.1 Å². The highest BCUT2D eigenvalue weighted by molar-refractivity contribution is 5.88. The van der Waals surface area contributed by atoms with Crippen LogP contribution in [-0.4, -0.2) is 24.0 Å². The molecule has 1 aliphatic rings. The number of benzene rings is 2. The summed E-state index contributed by atoms with van der Waals surface area (Å²) in [5.74, 6) is -0.324. The van der Waals surface area contributed by atoms with Crippen LogP contribution in [-0.2, 0) is 16.0 Å². The Morgan fingerprint density at radius 2 is 1.91 bits per heavy atom. The van der Waals surface area contributed by atoms with Crippen LogP contribution in [0.25, 0.3) is 0 Å². The number of esters is 1. The molecule has 1 atom stereocenters. The van der Waals surface area contributed by atoms with Gasteiger partial charge in [0.15, 0.2) is 0 Å². The molecule has 2 aromatic rings. The molecule has 0 amide bonds. The number of carbonyl (C=O) groups is 1. The lowest BCUT2D eigenvalue weighted by Crippen LogP contribution is -2.36. The predicted molar refractivity (Wildman–Crippen MR) is 81.2 cm³/mol. The number of nitrogens with zero attached hydrogens (tertiary/aromatic N) is 2. The largest absolute Gasteiger partial charge is 0.467 e. The fourth-order valence-corrected chi connectivity index (χ4v) is 2.76. The van der Waals surface area contributed by atoms with Crippen molar-refractivity contribution in [2.75, 3.05) is 12.0 Å². The van der Waals surface area contributed by atoms with Gasteiger partial charge in [0.25, 0.3) is 5.69 Å². The highest BCUT2D eigenvalue weighted by Crippen LogP contribution is 2.39. The predicted octanol–water partition coefficient (Wildman–Crippen LogP) is 2.83. The zero-order valence-corrected chi connectivity index (χ0v) is 11.9. The topological polar surface area (TPSA) is 72.7 Å². The molecule has 22 heavy (non-hydrogen) atoms. The lowest BCUT2D eigenvalue weighted by molar-refractivity contribution is -0.384. The third kappa shape index (κ3) is 2.28. The van der Waals surface area contributed by atoms with Gasteiger partial charge in [-0.25, -0.2) is 4.79 Å². The lowest BCUT2D eigenvalue weighted by atomic mass is 10.1. The van der Waals surface area contributed by atoms with Crippen molar-refractivity contribution in [1.29, 1.82) is 0 Å². The molecule has 3 rings (SSSR count). The van der Waals surface area contributed by atoms with E-state index >= 15 is 0 Å². The van der Waals surface area contributed by atoms with Crippen molar-refractivity contribution in [3.63, 3.8) is 0 Å². The summed E-state index contributed by atoms with van der Waals surface area (Å²) in [6.45, 7) is 0. The van der Waals surface area contributed by atoms with Gasteiger partial charge in [0.05, 0.1) is 12.0 Å². The Morgan fingerprint density at radius 3 is 2.55 bits per heavy atom. The Balaban J connectivity index is 2.04. The number of nitro benzene ring substituents is 1. The second-order valence-corrected chi connectivity index (χ2v) is 5.02. The van der Waals surface area contributed by atoms with Crippen LogP contribution in [0.3, 0.4) is 0 Å². The first-order valence-corrected chi connectivity index (χ1v) is 6.81. The zero-order valence-electron chi connectivity index (χ0n) is 11.9. The van der Waals surface area contributed by atoms with Crippen molar-refractivity contribution in [1.82, 2.24) is 0 Å². The van der Waals surface area contributed by atoms with Gasteiger partial charge in [-0.2, -0.15) is 0 Å². The minimum absolute atomic E-state index is 0.0193. The van der Waals surface area contributed by atoms with Crippen LogP contribution in [0.1, 0.15) is 5.56 Å². The summed E-state index contributed by atoms with van der Waals surface area (Å²) in [6.07, 6.45) is 0.555. The zero-order chi connectivity index (χ0) is 15.7. The highest BCUT2D eigenvalue weighted by Gasteiger charge is 2.36. The minimum Gasteiger partial charge on any atom is -0.467 e. The first kappa shape index (κ1) is 14.1. The van der Waals surface area contributed by atoms with E-state index in [4.69, 9.17) is 4.74 Å². The Kier molecular flexibility index (Phi) is 3.50. The van der Waals surface area contributed by atoms with Crippen molar-refractivity contribution < 1.29 is 14.5 Å². The number of non-ortho nitro benzene ring substituents is 1. The molecule has 1 aliphatic heterocycles. The highest BCUT2D eigenvalue weighted by atomic mass is 16.6. The van der Waals surface area contributed by atoms with E-state index in [1.165, 1.54) is 19.2 Å². The molecule has 0 aromatic heterocycles. The van der Waals surface area contributed by atoms with Crippen LogP contribution >= 0.6 is 0 Å². The number of nitro groups is 1.